The molecule has 0 bridgehead atoms. The van der Waals surface area contributed by atoms with Crippen LogP contribution >= 0.6 is 0 Å². The highest BCUT2D eigenvalue weighted by molar-refractivity contribution is 5.81. The number of esters is 1. The van der Waals surface area contributed by atoms with Crippen LogP contribution in [0.2, 0.25) is 0 Å². The number of rotatable bonds is 3. The Hall–Kier alpha value is -0.990. The molecule has 0 spiro atoms. The molecule has 0 radical (unpaired) electrons. The van der Waals surface area contributed by atoms with E-state index in [2.05, 4.69) is 17.0 Å². The van der Waals surface area contributed by atoms with Crippen molar-refractivity contribution in [3.63, 3.8) is 0 Å². The van der Waals surface area contributed by atoms with Crippen LogP contribution in [0.4, 0.5) is 0 Å². The van der Waals surface area contributed by atoms with Gasteiger partial charge in [-0.2, -0.15) is 0 Å². The quantitative estimate of drug-likeness (QED) is 0.531. The summed E-state index contributed by atoms with van der Waals surface area (Å²) in [4.78, 5) is 10.7. The molecule has 3 nitrogen and oxygen atoms in total. The van der Waals surface area contributed by atoms with E-state index in [1.165, 1.54) is 32.4 Å². The first-order valence-electron chi connectivity index (χ1n) is 4.73. The summed E-state index contributed by atoms with van der Waals surface area (Å²) in [7, 11) is 1.38. The zero-order valence-electron chi connectivity index (χ0n) is 8.25. The minimum Gasteiger partial charge on any atom is -0.466 e. The molecule has 3 heteroatoms. The summed E-state index contributed by atoms with van der Waals surface area (Å²) < 4.78 is 4.47. The molecular formula is C10H17NO2. The maximum absolute atomic E-state index is 10.7. The molecule has 2 unspecified atom stereocenters. The number of methoxy groups -OCH3 is 1. The van der Waals surface area contributed by atoms with Crippen LogP contribution in [0, 0.1) is 5.92 Å². The number of ether oxygens (including phenoxy) is 1. The van der Waals surface area contributed by atoms with Gasteiger partial charge in [-0.3, -0.25) is 0 Å². The van der Waals surface area contributed by atoms with Crippen molar-refractivity contribution in [3.8, 4) is 0 Å². The Labute approximate surface area is 79.2 Å². The fourth-order valence-corrected chi connectivity index (χ4v) is 1.68. The van der Waals surface area contributed by atoms with Crippen molar-refractivity contribution in [2.45, 2.75) is 32.2 Å². The van der Waals surface area contributed by atoms with Gasteiger partial charge in [-0.25, -0.2) is 4.79 Å². The van der Waals surface area contributed by atoms with E-state index in [0.29, 0.717) is 6.04 Å². The zero-order chi connectivity index (χ0) is 9.68. The second-order valence-corrected chi connectivity index (χ2v) is 3.64. The van der Waals surface area contributed by atoms with Crippen LogP contribution in [0.15, 0.2) is 12.3 Å². The number of carbonyl (C=O) groups excluding carboxylic acids is 1. The predicted molar refractivity (Wildman–Crippen MR) is 51.1 cm³/mol. The highest BCUT2D eigenvalue weighted by Crippen LogP contribution is 2.24. The molecule has 0 heterocycles. The van der Waals surface area contributed by atoms with Gasteiger partial charge >= 0.3 is 5.97 Å². The second-order valence-electron chi connectivity index (χ2n) is 3.64. The normalized spacial score (nSPS) is 27.8. The van der Waals surface area contributed by atoms with Crippen LogP contribution in [0.1, 0.15) is 26.2 Å². The summed E-state index contributed by atoms with van der Waals surface area (Å²) in [6.45, 7) is 2.26. The molecule has 0 saturated heterocycles. The van der Waals surface area contributed by atoms with Crippen molar-refractivity contribution < 1.29 is 9.53 Å². The molecule has 1 N–H and O–H groups in total. The van der Waals surface area contributed by atoms with E-state index in [4.69, 9.17) is 0 Å². The van der Waals surface area contributed by atoms with E-state index in [1.807, 2.05) is 0 Å². The summed E-state index contributed by atoms with van der Waals surface area (Å²) >= 11 is 0. The third kappa shape index (κ3) is 3.49. The zero-order valence-corrected chi connectivity index (χ0v) is 8.25. The van der Waals surface area contributed by atoms with E-state index in [-0.39, 0.29) is 5.97 Å². The van der Waals surface area contributed by atoms with Crippen LogP contribution in [-0.4, -0.2) is 19.1 Å². The molecule has 0 aromatic rings. The Bertz CT molecular complexity index is 201. The lowest BCUT2D eigenvalue weighted by atomic mass is 10.1. The predicted octanol–water partition coefficient (Wildman–Crippen LogP) is 1.45. The van der Waals surface area contributed by atoms with Crippen LogP contribution < -0.4 is 5.32 Å². The average Bonchev–Trinajstić information content (AvgIpc) is 2.51. The van der Waals surface area contributed by atoms with Gasteiger partial charge in [-0.15, -0.1) is 0 Å². The van der Waals surface area contributed by atoms with Gasteiger partial charge < -0.3 is 10.1 Å². The standard InChI is InChI=1S/C10H17NO2/c1-8-3-4-9(7-8)11-6-5-10(12)13-2/h5-6,8-9,11H,3-4,7H2,1-2H3/b6-5+. The van der Waals surface area contributed by atoms with Gasteiger partial charge in [0.25, 0.3) is 0 Å². The highest BCUT2D eigenvalue weighted by atomic mass is 16.5. The molecule has 0 aliphatic heterocycles. The Morgan fingerprint density at radius 3 is 2.85 bits per heavy atom. The first-order chi connectivity index (χ1) is 6.22. The van der Waals surface area contributed by atoms with E-state index < -0.39 is 0 Å². The molecule has 1 saturated carbocycles. The number of carbonyl (C=O) groups is 1. The topological polar surface area (TPSA) is 38.3 Å². The summed E-state index contributed by atoms with van der Waals surface area (Å²) in [6, 6.07) is 0.538. The molecule has 1 rings (SSSR count). The van der Waals surface area contributed by atoms with Crippen molar-refractivity contribution >= 4 is 5.97 Å². The summed E-state index contributed by atoms with van der Waals surface area (Å²) in [5.74, 6) is 0.502. The Morgan fingerprint density at radius 2 is 2.31 bits per heavy atom. The largest absolute Gasteiger partial charge is 0.466 e. The molecule has 2 atom stereocenters. The number of hydrogen-bond donors (Lipinski definition) is 1. The molecule has 1 aliphatic rings. The van der Waals surface area contributed by atoms with Gasteiger partial charge in [0, 0.05) is 18.3 Å². The number of nitrogens with one attached hydrogen (secondary N) is 1. The van der Waals surface area contributed by atoms with Gasteiger partial charge in [-0.05, 0) is 25.2 Å². The second kappa shape index (κ2) is 4.90. The molecule has 0 aromatic carbocycles. The first kappa shape index (κ1) is 10.1. The Balaban J connectivity index is 2.19. The van der Waals surface area contributed by atoms with E-state index in [9.17, 15) is 4.79 Å². The van der Waals surface area contributed by atoms with Crippen molar-refractivity contribution in [3.05, 3.63) is 12.3 Å². The van der Waals surface area contributed by atoms with Gasteiger partial charge in [0.15, 0.2) is 0 Å². The maximum Gasteiger partial charge on any atom is 0.331 e. The van der Waals surface area contributed by atoms with Crippen LogP contribution in [0.25, 0.3) is 0 Å². The smallest absolute Gasteiger partial charge is 0.331 e. The van der Waals surface area contributed by atoms with Gasteiger partial charge in [0.1, 0.15) is 0 Å². The lowest BCUT2D eigenvalue weighted by molar-refractivity contribution is -0.134. The van der Waals surface area contributed by atoms with Crippen LogP contribution in [0.5, 0.6) is 0 Å². The number of hydrogen-bond acceptors (Lipinski definition) is 3. The highest BCUT2D eigenvalue weighted by Gasteiger charge is 2.19. The molecule has 1 fully saturated rings. The van der Waals surface area contributed by atoms with E-state index in [0.717, 1.165) is 5.92 Å². The third-order valence-electron chi connectivity index (χ3n) is 2.45. The van der Waals surface area contributed by atoms with Gasteiger partial charge in [0.05, 0.1) is 7.11 Å². The maximum atomic E-state index is 10.7. The fraction of sp³-hybridized carbons (Fsp3) is 0.700. The molecule has 0 aromatic heterocycles. The molecular weight excluding hydrogens is 166 g/mol. The third-order valence-corrected chi connectivity index (χ3v) is 2.45. The average molecular weight is 183 g/mol. The van der Waals surface area contributed by atoms with Crippen molar-refractivity contribution in [1.29, 1.82) is 0 Å². The lowest BCUT2D eigenvalue weighted by Gasteiger charge is -2.08. The summed E-state index contributed by atoms with van der Waals surface area (Å²) in [5.41, 5.74) is 0. The molecule has 13 heavy (non-hydrogen) atoms. The molecule has 1 aliphatic carbocycles. The first-order valence-corrected chi connectivity index (χ1v) is 4.73. The fourth-order valence-electron chi connectivity index (χ4n) is 1.68. The minimum absolute atomic E-state index is 0.307. The van der Waals surface area contributed by atoms with Crippen molar-refractivity contribution in [2.24, 2.45) is 5.92 Å². The van der Waals surface area contributed by atoms with Crippen molar-refractivity contribution in [1.82, 2.24) is 5.32 Å². The Morgan fingerprint density at radius 1 is 1.54 bits per heavy atom. The SMILES string of the molecule is COC(=O)/C=C/NC1CCC(C)C1. The van der Waals surface area contributed by atoms with E-state index >= 15 is 0 Å². The summed E-state index contributed by atoms with van der Waals surface area (Å²) in [5, 5.41) is 3.20. The van der Waals surface area contributed by atoms with Crippen LogP contribution in [0.3, 0.4) is 0 Å². The van der Waals surface area contributed by atoms with Gasteiger partial charge in [-0.1, -0.05) is 6.92 Å². The minimum atomic E-state index is -0.307. The summed E-state index contributed by atoms with van der Waals surface area (Å²) in [6.07, 6.45) is 6.79. The molecule has 0 amide bonds. The molecule has 74 valence electrons. The van der Waals surface area contributed by atoms with Crippen LogP contribution in [-0.2, 0) is 9.53 Å². The lowest BCUT2D eigenvalue weighted by Crippen LogP contribution is -2.20. The Kier molecular flexibility index (Phi) is 3.80. The van der Waals surface area contributed by atoms with E-state index in [1.54, 1.807) is 6.20 Å². The van der Waals surface area contributed by atoms with Crippen molar-refractivity contribution in [2.75, 3.05) is 7.11 Å². The van der Waals surface area contributed by atoms with Gasteiger partial charge in [0.2, 0.25) is 0 Å². The monoisotopic (exact) mass is 183 g/mol.